The fraction of sp³-hybridized carbons (Fsp3) is 0.353. The SMILES string of the molecule is COc1cccc(Nc2ncc(C(=O)NC3CCCC3)cn2)c1. The Hall–Kier alpha value is -2.63. The van der Waals surface area contributed by atoms with Crippen LogP contribution in [-0.2, 0) is 0 Å². The summed E-state index contributed by atoms with van der Waals surface area (Å²) in [4.78, 5) is 20.5. The number of aromatic nitrogens is 2. The van der Waals surface area contributed by atoms with Gasteiger partial charge in [-0.3, -0.25) is 4.79 Å². The third kappa shape index (κ3) is 3.97. The lowest BCUT2D eigenvalue weighted by atomic mass is 10.2. The number of nitrogens with zero attached hydrogens (tertiary/aromatic N) is 2. The summed E-state index contributed by atoms with van der Waals surface area (Å²) in [7, 11) is 1.62. The van der Waals surface area contributed by atoms with Crippen molar-refractivity contribution >= 4 is 17.5 Å². The number of rotatable bonds is 5. The van der Waals surface area contributed by atoms with Gasteiger partial charge in [0.2, 0.25) is 5.95 Å². The number of anilines is 2. The maximum atomic E-state index is 12.1. The molecule has 0 unspecified atom stereocenters. The van der Waals surface area contributed by atoms with Crippen molar-refractivity contribution in [1.82, 2.24) is 15.3 Å². The van der Waals surface area contributed by atoms with Gasteiger partial charge in [-0.05, 0) is 25.0 Å². The molecule has 120 valence electrons. The minimum Gasteiger partial charge on any atom is -0.497 e. The molecule has 1 saturated carbocycles. The molecule has 1 aromatic carbocycles. The van der Waals surface area contributed by atoms with Gasteiger partial charge in [0.05, 0.1) is 12.7 Å². The summed E-state index contributed by atoms with van der Waals surface area (Å²) < 4.78 is 5.17. The van der Waals surface area contributed by atoms with Crippen molar-refractivity contribution in [2.75, 3.05) is 12.4 Å². The van der Waals surface area contributed by atoms with Crippen LogP contribution in [0, 0.1) is 0 Å². The number of amides is 1. The molecule has 6 nitrogen and oxygen atoms in total. The van der Waals surface area contributed by atoms with E-state index in [-0.39, 0.29) is 11.9 Å². The molecule has 2 aromatic rings. The molecule has 1 aliphatic rings. The van der Waals surface area contributed by atoms with Crippen molar-refractivity contribution in [2.45, 2.75) is 31.7 Å². The smallest absolute Gasteiger partial charge is 0.254 e. The zero-order valence-corrected chi connectivity index (χ0v) is 13.1. The van der Waals surface area contributed by atoms with Crippen molar-refractivity contribution in [3.8, 4) is 5.75 Å². The van der Waals surface area contributed by atoms with Gasteiger partial charge in [-0.25, -0.2) is 9.97 Å². The molecule has 0 spiro atoms. The van der Waals surface area contributed by atoms with E-state index in [9.17, 15) is 4.79 Å². The van der Waals surface area contributed by atoms with Gasteiger partial charge in [-0.1, -0.05) is 18.9 Å². The Morgan fingerprint density at radius 2 is 1.96 bits per heavy atom. The van der Waals surface area contributed by atoms with E-state index in [4.69, 9.17) is 4.74 Å². The van der Waals surface area contributed by atoms with E-state index in [0.717, 1.165) is 24.3 Å². The number of nitrogens with one attached hydrogen (secondary N) is 2. The summed E-state index contributed by atoms with van der Waals surface area (Å²) in [6.45, 7) is 0. The van der Waals surface area contributed by atoms with Crippen LogP contribution in [0.3, 0.4) is 0 Å². The lowest BCUT2D eigenvalue weighted by molar-refractivity contribution is 0.0937. The third-order valence-electron chi connectivity index (χ3n) is 3.93. The predicted molar refractivity (Wildman–Crippen MR) is 88.0 cm³/mol. The Morgan fingerprint density at radius 3 is 2.65 bits per heavy atom. The highest BCUT2D eigenvalue weighted by molar-refractivity contribution is 5.93. The maximum absolute atomic E-state index is 12.1. The molecule has 1 aromatic heterocycles. The topological polar surface area (TPSA) is 76.1 Å². The molecule has 1 heterocycles. The van der Waals surface area contributed by atoms with Crippen LogP contribution in [0.15, 0.2) is 36.7 Å². The molecule has 0 aliphatic heterocycles. The summed E-state index contributed by atoms with van der Waals surface area (Å²) in [5, 5.41) is 6.11. The van der Waals surface area contributed by atoms with Crippen molar-refractivity contribution < 1.29 is 9.53 Å². The van der Waals surface area contributed by atoms with Crippen molar-refractivity contribution in [3.05, 3.63) is 42.2 Å². The van der Waals surface area contributed by atoms with Crippen LogP contribution >= 0.6 is 0 Å². The number of hydrogen-bond acceptors (Lipinski definition) is 5. The van der Waals surface area contributed by atoms with Crippen LogP contribution in [0.25, 0.3) is 0 Å². The summed E-state index contributed by atoms with van der Waals surface area (Å²) in [6, 6.07) is 7.78. The quantitative estimate of drug-likeness (QED) is 0.888. The molecule has 1 aliphatic carbocycles. The molecule has 0 bridgehead atoms. The monoisotopic (exact) mass is 312 g/mol. The minimum atomic E-state index is -0.107. The second-order valence-corrected chi connectivity index (χ2v) is 5.61. The Balaban J connectivity index is 1.63. The van der Waals surface area contributed by atoms with Crippen LogP contribution in [0.4, 0.5) is 11.6 Å². The zero-order chi connectivity index (χ0) is 16.1. The van der Waals surface area contributed by atoms with Crippen molar-refractivity contribution in [3.63, 3.8) is 0 Å². The van der Waals surface area contributed by atoms with E-state index in [1.807, 2.05) is 24.3 Å². The Morgan fingerprint density at radius 1 is 1.22 bits per heavy atom. The van der Waals surface area contributed by atoms with E-state index in [1.165, 1.54) is 12.8 Å². The van der Waals surface area contributed by atoms with E-state index in [1.54, 1.807) is 19.5 Å². The summed E-state index contributed by atoms with van der Waals surface area (Å²) in [5.41, 5.74) is 1.31. The van der Waals surface area contributed by atoms with Crippen LogP contribution in [0.2, 0.25) is 0 Å². The second kappa shape index (κ2) is 7.09. The van der Waals surface area contributed by atoms with Gasteiger partial charge in [-0.2, -0.15) is 0 Å². The molecular formula is C17H20N4O2. The molecule has 1 fully saturated rings. The number of carbonyl (C=O) groups is 1. The highest BCUT2D eigenvalue weighted by Gasteiger charge is 2.18. The van der Waals surface area contributed by atoms with Gasteiger partial charge in [0, 0.05) is 30.2 Å². The molecule has 0 atom stereocenters. The summed E-state index contributed by atoms with van der Waals surface area (Å²) >= 11 is 0. The Labute approximate surface area is 135 Å². The van der Waals surface area contributed by atoms with Gasteiger partial charge in [0.1, 0.15) is 5.75 Å². The molecule has 2 N–H and O–H groups in total. The highest BCUT2D eigenvalue weighted by atomic mass is 16.5. The van der Waals surface area contributed by atoms with Gasteiger partial charge in [-0.15, -0.1) is 0 Å². The standard InChI is InChI=1S/C17H20N4O2/c1-23-15-8-4-7-14(9-15)21-17-18-10-12(11-19-17)16(22)20-13-5-2-3-6-13/h4,7-11,13H,2-3,5-6H2,1H3,(H,20,22)(H,18,19,21). The predicted octanol–water partition coefficient (Wildman–Crippen LogP) is 2.90. The van der Waals surface area contributed by atoms with E-state index >= 15 is 0 Å². The first-order valence-electron chi connectivity index (χ1n) is 7.78. The fourth-order valence-corrected chi connectivity index (χ4v) is 2.68. The summed E-state index contributed by atoms with van der Waals surface area (Å²) in [5.74, 6) is 1.09. The van der Waals surface area contributed by atoms with Crippen LogP contribution in [0.1, 0.15) is 36.0 Å². The van der Waals surface area contributed by atoms with Crippen molar-refractivity contribution in [1.29, 1.82) is 0 Å². The minimum absolute atomic E-state index is 0.107. The number of carbonyl (C=O) groups excluding carboxylic acids is 1. The van der Waals surface area contributed by atoms with E-state index < -0.39 is 0 Å². The first-order chi connectivity index (χ1) is 11.2. The van der Waals surface area contributed by atoms with Gasteiger partial charge >= 0.3 is 0 Å². The van der Waals surface area contributed by atoms with Gasteiger partial charge < -0.3 is 15.4 Å². The largest absolute Gasteiger partial charge is 0.497 e. The number of benzene rings is 1. The number of hydrogen-bond donors (Lipinski definition) is 2. The van der Waals surface area contributed by atoms with Gasteiger partial charge in [0.25, 0.3) is 5.91 Å². The molecule has 1 amide bonds. The Bertz CT molecular complexity index is 667. The normalized spacial score (nSPS) is 14.5. The number of ether oxygens (including phenoxy) is 1. The third-order valence-corrected chi connectivity index (χ3v) is 3.93. The second-order valence-electron chi connectivity index (χ2n) is 5.61. The molecule has 3 rings (SSSR count). The molecule has 23 heavy (non-hydrogen) atoms. The average molecular weight is 312 g/mol. The molecule has 6 heteroatoms. The van der Waals surface area contributed by atoms with E-state index in [0.29, 0.717) is 11.5 Å². The lowest BCUT2D eigenvalue weighted by Crippen LogP contribution is -2.32. The van der Waals surface area contributed by atoms with Crippen LogP contribution in [-0.4, -0.2) is 29.0 Å². The maximum Gasteiger partial charge on any atom is 0.254 e. The lowest BCUT2D eigenvalue weighted by Gasteiger charge is -2.11. The highest BCUT2D eigenvalue weighted by Crippen LogP contribution is 2.20. The molecule has 0 saturated heterocycles. The van der Waals surface area contributed by atoms with E-state index in [2.05, 4.69) is 20.6 Å². The first kappa shape index (κ1) is 15.3. The Kier molecular flexibility index (Phi) is 4.71. The van der Waals surface area contributed by atoms with Crippen LogP contribution in [0.5, 0.6) is 5.75 Å². The summed E-state index contributed by atoms with van der Waals surface area (Å²) in [6.07, 6.45) is 7.57. The van der Waals surface area contributed by atoms with Crippen LogP contribution < -0.4 is 15.4 Å². The molecule has 0 radical (unpaired) electrons. The number of methoxy groups -OCH3 is 1. The average Bonchev–Trinajstić information content (AvgIpc) is 3.08. The van der Waals surface area contributed by atoms with Gasteiger partial charge in [0.15, 0.2) is 0 Å². The molecular weight excluding hydrogens is 292 g/mol. The fourth-order valence-electron chi connectivity index (χ4n) is 2.68. The first-order valence-corrected chi connectivity index (χ1v) is 7.78. The zero-order valence-electron chi connectivity index (χ0n) is 13.1. The van der Waals surface area contributed by atoms with Crippen molar-refractivity contribution in [2.24, 2.45) is 0 Å².